The third kappa shape index (κ3) is 3.59. The van der Waals surface area contributed by atoms with E-state index in [-0.39, 0.29) is 0 Å². The van der Waals surface area contributed by atoms with Gasteiger partial charge in [-0.25, -0.2) is 4.58 Å². The van der Waals surface area contributed by atoms with E-state index in [1.54, 1.807) is 0 Å². The van der Waals surface area contributed by atoms with Gasteiger partial charge in [0, 0.05) is 5.57 Å². The second-order valence-corrected chi connectivity index (χ2v) is 2.13. The highest BCUT2D eigenvalue weighted by atomic mass is 14.9. The summed E-state index contributed by atoms with van der Waals surface area (Å²) in [5, 5.41) is 0. The zero-order valence-electron chi connectivity index (χ0n) is 6.10. The fourth-order valence-corrected chi connectivity index (χ4v) is 0.482. The average molecular weight is 112 g/mol. The van der Waals surface area contributed by atoms with E-state index in [2.05, 4.69) is 19.2 Å². The van der Waals surface area contributed by atoms with Crippen LogP contribution in [-0.2, 0) is 0 Å². The lowest BCUT2D eigenvalue weighted by Crippen LogP contribution is -1.98. The highest BCUT2D eigenvalue weighted by molar-refractivity contribution is 5.72. The van der Waals surface area contributed by atoms with Crippen LogP contribution in [0.5, 0.6) is 0 Å². The molecule has 0 aliphatic rings. The van der Waals surface area contributed by atoms with Crippen molar-refractivity contribution in [2.75, 3.05) is 14.1 Å². The number of nitrogens with zero attached hydrogens (tertiary/aromatic N) is 1. The molecule has 1 nitrogen and oxygen atoms in total. The Hall–Kier alpha value is -0.590. The summed E-state index contributed by atoms with van der Waals surface area (Å²) in [5.41, 5.74) is 1.30. The molecular weight excluding hydrogens is 98.1 g/mol. The summed E-state index contributed by atoms with van der Waals surface area (Å²) in [6, 6.07) is 0. The second kappa shape index (κ2) is 3.42. The van der Waals surface area contributed by atoms with Crippen LogP contribution in [0, 0.1) is 0 Å². The molecule has 0 N–H and O–H groups in total. The first kappa shape index (κ1) is 7.41. The van der Waals surface area contributed by atoms with Gasteiger partial charge in [0.25, 0.3) is 0 Å². The molecule has 0 aromatic rings. The van der Waals surface area contributed by atoms with Gasteiger partial charge in [0.05, 0.1) is 0 Å². The molecule has 0 bridgehead atoms. The minimum atomic E-state index is 1.30. The maximum Gasteiger partial charge on any atom is 0.165 e. The quantitative estimate of drug-likeness (QED) is 0.355. The molecule has 0 amide bonds. The topological polar surface area (TPSA) is 3.01 Å². The molecule has 8 heavy (non-hydrogen) atoms. The fraction of sp³-hybridized carbons (Fsp3) is 0.571. The standard InChI is InChI=1S/C7H14N/c1-5-7(2)6-8(3)4/h5-6H,1-4H3/q+1/b7-5-. The van der Waals surface area contributed by atoms with E-state index in [9.17, 15) is 0 Å². The van der Waals surface area contributed by atoms with Crippen molar-refractivity contribution in [1.29, 1.82) is 0 Å². The van der Waals surface area contributed by atoms with E-state index in [1.165, 1.54) is 5.57 Å². The SMILES string of the molecule is C/C=C(/C)C=[N+](C)C. The largest absolute Gasteiger partial charge is 0.241 e. The highest BCUT2D eigenvalue weighted by Gasteiger charge is 1.83. The molecule has 0 aliphatic heterocycles. The molecule has 0 aromatic heterocycles. The number of rotatable bonds is 1. The van der Waals surface area contributed by atoms with Gasteiger partial charge in [0.2, 0.25) is 0 Å². The summed E-state index contributed by atoms with van der Waals surface area (Å²) in [4.78, 5) is 0. The Kier molecular flexibility index (Phi) is 3.16. The van der Waals surface area contributed by atoms with Gasteiger partial charge in [-0.3, -0.25) is 0 Å². The van der Waals surface area contributed by atoms with E-state index in [0.717, 1.165) is 0 Å². The van der Waals surface area contributed by atoms with Crippen molar-refractivity contribution in [3.63, 3.8) is 0 Å². The van der Waals surface area contributed by atoms with E-state index >= 15 is 0 Å². The summed E-state index contributed by atoms with van der Waals surface area (Å²) in [6.07, 6.45) is 4.17. The van der Waals surface area contributed by atoms with Crippen LogP contribution in [0.4, 0.5) is 0 Å². The zero-order chi connectivity index (χ0) is 6.57. The lowest BCUT2D eigenvalue weighted by molar-refractivity contribution is -0.459. The Morgan fingerprint density at radius 3 is 2.00 bits per heavy atom. The van der Waals surface area contributed by atoms with Gasteiger partial charge in [-0.2, -0.15) is 0 Å². The van der Waals surface area contributed by atoms with Crippen LogP contribution >= 0.6 is 0 Å². The number of hydrogen-bond donors (Lipinski definition) is 0. The Balaban J connectivity index is 3.89. The molecule has 0 saturated carbocycles. The van der Waals surface area contributed by atoms with Crippen LogP contribution < -0.4 is 0 Å². The predicted molar refractivity (Wildman–Crippen MR) is 37.6 cm³/mol. The lowest BCUT2D eigenvalue weighted by atomic mass is 10.3. The lowest BCUT2D eigenvalue weighted by Gasteiger charge is -1.84. The molecule has 46 valence electrons. The van der Waals surface area contributed by atoms with Crippen molar-refractivity contribution < 1.29 is 4.58 Å². The third-order valence-corrected chi connectivity index (χ3v) is 0.917. The van der Waals surface area contributed by atoms with Gasteiger partial charge in [-0.1, -0.05) is 6.08 Å². The van der Waals surface area contributed by atoms with Gasteiger partial charge in [-0.05, 0) is 13.8 Å². The molecule has 0 radical (unpaired) electrons. The summed E-state index contributed by atoms with van der Waals surface area (Å²) in [7, 11) is 4.04. The van der Waals surface area contributed by atoms with Crippen molar-refractivity contribution in [1.82, 2.24) is 0 Å². The van der Waals surface area contributed by atoms with Crippen LogP contribution in [0.15, 0.2) is 11.6 Å². The van der Waals surface area contributed by atoms with Crippen molar-refractivity contribution in [2.24, 2.45) is 0 Å². The van der Waals surface area contributed by atoms with Crippen LogP contribution in [0.2, 0.25) is 0 Å². The first-order valence-electron chi connectivity index (χ1n) is 2.81. The summed E-state index contributed by atoms with van der Waals surface area (Å²) >= 11 is 0. The molecule has 0 spiro atoms. The van der Waals surface area contributed by atoms with Crippen molar-refractivity contribution in [2.45, 2.75) is 13.8 Å². The summed E-state index contributed by atoms with van der Waals surface area (Å²) in [5.74, 6) is 0. The number of allylic oxidation sites excluding steroid dienone is 2. The van der Waals surface area contributed by atoms with Crippen LogP contribution in [0.1, 0.15) is 13.8 Å². The second-order valence-electron chi connectivity index (χ2n) is 2.13. The van der Waals surface area contributed by atoms with Gasteiger partial charge in [0.1, 0.15) is 14.1 Å². The molecule has 0 aliphatic carbocycles. The first-order chi connectivity index (χ1) is 3.66. The smallest absolute Gasteiger partial charge is 0.165 e. The summed E-state index contributed by atoms with van der Waals surface area (Å²) < 4.78 is 2.04. The van der Waals surface area contributed by atoms with Crippen molar-refractivity contribution in [3.05, 3.63) is 11.6 Å². The van der Waals surface area contributed by atoms with Gasteiger partial charge in [-0.15, -0.1) is 0 Å². The number of hydrogen-bond acceptors (Lipinski definition) is 0. The first-order valence-corrected chi connectivity index (χ1v) is 2.81. The Morgan fingerprint density at radius 2 is 1.88 bits per heavy atom. The predicted octanol–water partition coefficient (Wildman–Crippen LogP) is 1.30. The minimum Gasteiger partial charge on any atom is -0.241 e. The molecule has 0 fully saturated rings. The van der Waals surface area contributed by atoms with E-state index in [4.69, 9.17) is 0 Å². The Morgan fingerprint density at radius 1 is 1.38 bits per heavy atom. The van der Waals surface area contributed by atoms with Crippen LogP contribution in [-0.4, -0.2) is 24.9 Å². The van der Waals surface area contributed by atoms with E-state index < -0.39 is 0 Å². The van der Waals surface area contributed by atoms with E-state index in [0.29, 0.717) is 0 Å². The molecule has 0 aromatic carbocycles. The van der Waals surface area contributed by atoms with Crippen molar-refractivity contribution >= 4 is 6.21 Å². The Labute approximate surface area is 51.3 Å². The molecule has 0 rings (SSSR count). The fourth-order valence-electron chi connectivity index (χ4n) is 0.482. The summed E-state index contributed by atoms with van der Waals surface area (Å²) in [6.45, 7) is 4.12. The normalized spacial score (nSPS) is 11.2. The molecule has 0 heterocycles. The van der Waals surface area contributed by atoms with Crippen LogP contribution in [0.3, 0.4) is 0 Å². The van der Waals surface area contributed by atoms with Gasteiger partial charge >= 0.3 is 0 Å². The average Bonchev–Trinajstić information content (AvgIpc) is 1.65. The molecular formula is C7H14N+. The molecule has 1 heteroatoms. The Bertz CT molecular complexity index is 116. The molecule has 0 unspecified atom stereocenters. The minimum absolute atomic E-state index is 1.30. The maximum absolute atomic E-state index is 2.08. The van der Waals surface area contributed by atoms with Crippen molar-refractivity contribution in [3.8, 4) is 0 Å². The molecule has 0 atom stereocenters. The van der Waals surface area contributed by atoms with E-state index in [1.807, 2.05) is 25.6 Å². The van der Waals surface area contributed by atoms with Crippen LogP contribution in [0.25, 0.3) is 0 Å². The zero-order valence-corrected chi connectivity index (χ0v) is 6.10. The van der Waals surface area contributed by atoms with Gasteiger partial charge < -0.3 is 0 Å². The maximum atomic E-state index is 2.08. The highest BCUT2D eigenvalue weighted by Crippen LogP contribution is 1.82. The van der Waals surface area contributed by atoms with Gasteiger partial charge in [0.15, 0.2) is 6.21 Å². The third-order valence-electron chi connectivity index (χ3n) is 0.917. The molecule has 0 saturated heterocycles. The monoisotopic (exact) mass is 112 g/mol.